The van der Waals surface area contributed by atoms with E-state index in [1.54, 1.807) is 5.51 Å². The number of hydrogen-bond donors (Lipinski definition) is 3. The summed E-state index contributed by atoms with van der Waals surface area (Å²) in [7, 11) is 0. The molecule has 9 nitrogen and oxygen atoms in total. The van der Waals surface area contributed by atoms with Gasteiger partial charge in [-0.1, -0.05) is 0 Å². The van der Waals surface area contributed by atoms with Crippen LogP contribution in [0.2, 0.25) is 0 Å². The topological polar surface area (TPSA) is 132 Å². The summed E-state index contributed by atoms with van der Waals surface area (Å²) in [6, 6.07) is 0. The molecular formula is C9H11N7O2S. The van der Waals surface area contributed by atoms with Crippen LogP contribution in [-0.4, -0.2) is 19.9 Å². The molecule has 2 rings (SSSR count). The van der Waals surface area contributed by atoms with Crippen LogP contribution in [0.5, 0.6) is 0 Å². The normalized spacial score (nSPS) is 10.2. The fraction of sp³-hybridized carbons (Fsp3) is 0.222. The number of nitrogens with one attached hydrogen (secondary N) is 2. The third kappa shape index (κ3) is 2.92. The smallest absolute Gasteiger partial charge is 0.332 e. The van der Waals surface area contributed by atoms with E-state index in [9.17, 15) is 10.1 Å². The van der Waals surface area contributed by atoms with Crippen LogP contribution in [-0.2, 0) is 6.54 Å². The first-order valence-electron chi connectivity index (χ1n) is 5.22. The number of nitrogens with two attached hydrogens (primary N) is 1. The van der Waals surface area contributed by atoms with Crippen molar-refractivity contribution in [3.8, 4) is 0 Å². The second kappa shape index (κ2) is 5.54. The number of hydrogen-bond acceptors (Lipinski definition) is 9. The SMILES string of the molecule is Cc1nc(NN)nc(NCc2cscn2)c1[N+](=O)[O-]. The molecule has 2 aromatic heterocycles. The van der Waals surface area contributed by atoms with Crippen molar-refractivity contribution in [3.63, 3.8) is 0 Å². The Morgan fingerprint density at radius 2 is 2.32 bits per heavy atom. The lowest BCUT2D eigenvalue weighted by Gasteiger charge is -2.08. The minimum absolute atomic E-state index is 0.110. The zero-order valence-electron chi connectivity index (χ0n) is 9.95. The van der Waals surface area contributed by atoms with E-state index < -0.39 is 4.92 Å². The number of aromatic nitrogens is 3. The number of nitrogens with zero attached hydrogens (tertiary/aromatic N) is 4. The Labute approximate surface area is 112 Å². The van der Waals surface area contributed by atoms with Gasteiger partial charge in [0.2, 0.25) is 11.8 Å². The Hall–Kier alpha value is -2.33. The summed E-state index contributed by atoms with van der Waals surface area (Å²) in [5, 5.41) is 15.7. The highest BCUT2D eigenvalue weighted by Gasteiger charge is 2.21. The van der Waals surface area contributed by atoms with E-state index in [1.807, 2.05) is 5.38 Å². The van der Waals surface area contributed by atoms with E-state index in [0.717, 1.165) is 5.69 Å². The zero-order valence-corrected chi connectivity index (χ0v) is 10.8. The van der Waals surface area contributed by atoms with Crippen LogP contribution in [0.3, 0.4) is 0 Å². The predicted octanol–water partition coefficient (Wildman–Crippen LogP) is 1.05. The Bertz CT molecular complexity index is 587. The second-order valence-corrected chi connectivity index (χ2v) is 4.28. The Kier molecular flexibility index (Phi) is 3.82. The van der Waals surface area contributed by atoms with Crippen LogP contribution in [0.15, 0.2) is 10.9 Å². The highest BCUT2D eigenvalue weighted by Crippen LogP contribution is 2.26. The molecule has 0 aliphatic carbocycles. The van der Waals surface area contributed by atoms with Gasteiger partial charge in [0.15, 0.2) is 0 Å². The molecule has 0 fully saturated rings. The number of nitro groups is 1. The average molecular weight is 281 g/mol. The average Bonchev–Trinajstić information content (AvgIpc) is 2.88. The van der Waals surface area contributed by atoms with Crippen molar-refractivity contribution in [3.05, 3.63) is 32.4 Å². The van der Waals surface area contributed by atoms with Crippen LogP contribution in [0.25, 0.3) is 0 Å². The van der Waals surface area contributed by atoms with E-state index in [0.29, 0.717) is 6.54 Å². The van der Waals surface area contributed by atoms with Gasteiger partial charge in [-0.25, -0.2) is 15.8 Å². The molecule has 100 valence electrons. The zero-order chi connectivity index (χ0) is 13.8. The molecule has 0 unspecified atom stereocenters. The van der Waals surface area contributed by atoms with Crippen molar-refractivity contribution in [1.29, 1.82) is 0 Å². The van der Waals surface area contributed by atoms with E-state index >= 15 is 0 Å². The largest absolute Gasteiger partial charge is 0.358 e. The summed E-state index contributed by atoms with van der Waals surface area (Å²) in [4.78, 5) is 22.4. The van der Waals surface area contributed by atoms with E-state index in [1.165, 1.54) is 18.3 Å². The summed E-state index contributed by atoms with van der Waals surface area (Å²) in [5.41, 5.74) is 4.79. The van der Waals surface area contributed by atoms with Gasteiger partial charge in [-0.2, -0.15) is 4.98 Å². The van der Waals surface area contributed by atoms with E-state index in [2.05, 4.69) is 25.7 Å². The van der Waals surface area contributed by atoms with Crippen LogP contribution >= 0.6 is 11.3 Å². The lowest BCUT2D eigenvalue weighted by Crippen LogP contribution is -2.14. The first-order chi connectivity index (χ1) is 9.11. The number of nitrogen functional groups attached to an aromatic ring is 1. The maximum atomic E-state index is 11.0. The molecule has 2 aromatic rings. The van der Waals surface area contributed by atoms with Crippen LogP contribution < -0.4 is 16.6 Å². The number of aryl methyl sites for hydroxylation is 1. The van der Waals surface area contributed by atoms with Crippen molar-refractivity contribution in [2.75, 3.05) is 10.7 Å². The minimum Gasteiger partial charge on any atom is -0.358 e. The maximum Gasteiger partial charge on any atom is 0.332 e. The fourth-order valence-corrected chi connectivity index (χ4v) is 2.03. The molecule has 0 aromatic carbocycles. The number of rotatable bonds is 5. The van der Waals surface area contributed by atoms with Gasteiger partial charge in [0.05, 0.1) is 22.7 Å². The quantitative estimate of drug-likeness (QED) is 0.421. The minimum atomic E-state index is -0.529. The summed E-state index contributed by atoms with van der Waals surface area (Å²) in [6.07, 6.45) is 0. The Morgan fingerprint density at radius 1 is 1.53 bits per heavy atom. The Morgan fingerprint density at radius 3 is 2.89 bits per heavy atom. The molecular weight excluding hydrogens is 270 g/mol. The van der Waals surface area contributed by atoms with Crippen molar-refractivity contribution >= 4 is 28.8 Å². The molecule has 4 N–H and O–H groups in total. The van der Waals surface area contributed by atoms with Crippen LogP contribution in [0.4, 0.5) is 17.5 Å². The molecule has 0 aliphatic heterocycles. The van der Waals surface area contributed by atoms with Gasteiger partial charge in [0.1, 0.15) is 5.69 Å². The third-order valence-electron chi connectivity index (χ3n) is 2.29. The lowest BCUT2D eigenvalue weighted by molar-refractivity contribution is -0.385. The first kappa shape index (κ1) is 13.1. The summed E-state index contributed by atoms with van der Waals surface area (Å²) >= 11 is 1.45. The lowest BCUT2D eigenvalue weighted by atomic mass is 10.3. The molecule has 0 radical (unpaired) electrons. The van der Waals surface area contributed by atoms with Crippen molar-refractivity contribution in [2.45, 2.75) is 13.5 Å². The highest BCUT2D eigenvalue weighted by atomic mass is 32.1. The molecule has 0 saturated carbocycles. The Balaban J connectivity index is 2.30. The molecule has 0 amide bonds. The van der Waals surface area contributed by atoms with Gasteiger partial charge in [-0.15, -0.1) is 11.3 Å². The summed E-state index contributed by atoms with van der Waals surface area (Å²) in [5.74, 6) is 5.45. The summed E-state index contributed by atoms with van der Waals surface area (Å²) < 4.78 is 0. The predicted molar refractivity (Wildman–Crippen MR) is 70.7 cm³/mol. The van der Waals surface area contributed by atoms with Gasteiger partial charge >= 0.3 is 5.69 Å². The molecule has 2 heterocycles. The van der Waals surface area contributed by atoms with Crippen LogP contribution in [0, 0.1) is 17.0 Å². The molecule has 0 spiro atoms. The number of anilines is 2. The number of hydrazine groups is 1. The molecule has 19 heavy (non-hydrogen) atoms. The van der Waals surface area contributed by atoms with Gasteiger partial charge < -0.3 is 5.32 Å². The van der Waals surface area contributed by atoms with E-state index in [4.69, 9.17) is 5.84 Å². The molecule has 0 bridgehead atoms. The fourth-order valence-electron chi connectivity index (χ4n) is 1.47. The second-order valence-electron chi connectivity index (χ2n) is 3.56. The van der Waals surface area contributed by atoms with Gasteiger partial charge in [0, 0.05) is 5.38 Å². The monoisotopic (exact) mass is 281 g/mol. The third-order valence-corrected chi connectivity index (χ3v) is 2.93. The van der Waals surface area contributed by atoms with Gasteiger partial charge in [-0.3, -0.25) is 15.5 Å². The molecule has 0 saturated heterocycles. The highest BCUT2D eigenvalue weighted by molar-refractivity contribution is 7.07. The van der Waals surface area contributed by atoms with Crippen molar-refractivity contribution in [1.82, 2.24) is 15.0 Å². The van der Waals surface area contributed by atoms with Crippen molar-refractivity contribution < 1.29 is 4.92 Å². The van der Waals surface area contributed by atoms with Crippen LogP contribution in [0.1, 0.15) is 11.4 Å². The van der Waals surface area contributed by atoms with Crippen molar-refractivity contribution in [2.24, 2.45) is 5.84 Å². The molecule has 0 atom stereocenters. The van der Waals surface area contributed by atoms with Gasteiger partial charge in [0.25, 0.3) is 0 Å². The standard InChI is InChI=1S/C9H11N7O2S/c1-5-7(16(17)18)8(14-9(13-5)15-10)11-2-6-3-19-4-12-6/h3-4H,2,10H2,1H3,(H2,11,13,14,15). The summed E-state index contributed by atoms with van der Waals surface area (Å²) in [6.45, 7) is 1.86. The number of thiazole rings is 1. The first-order valence-corrected chi connectivity index (χ1v) is 6.16. The van der Waals surface area contributed by atoms with Gasteiger partial charge in [-0.05, 0) is 6.92 Å². The maximum absolute atomic E-state index is 11.0. The molecule has 0 aliphatic rings. The van der Waals surface area contributed by atoms with E-state index in [-0.39, 0.29) is 23.1 Å². The molecule has 10 heteroatoms.